The van der Waals surface area contributed by atoms with E-state index in [9.17, 15) is 9.18 Å². The van der Waals surface area contributed by atoms with Gasteiger partial charge in [-0.1, -0.05) is 12.1 Å². The molecule has 3 nitrogen and oxygen atoms in total. The molecule has 0 aromatic heterocycles. The molecule has 0 heterocycles. The van der Waals surface area contributed by atoms with Crippen LogP contribution in [0.5, 0.6) is 0 Å². The number of carboxylic acid groups (broad SMARTS) is 1. The first-order chi connectivity index (χ1) is 8.42. The van der Waals surface area contributed by atoms with E-state index in [1.54, 1.807) is 26.0 Å². The number of rotatable bonds is 7. The quantitative estimate of drug-likeness (QED) is 0.734. The van der Waals surface area contributed by atoms with E-state index in [1.807, 2.05) is 0 Å². The summed E-state index contributed by atoms with van der Waals surface area (Å²) in [7, 11) is 0. The zero-order valence-corrected chi connectivity index (χ0v) is 10.9. The Morgan fingerprint density at radius 2 is 1.89 bits per heavy atom. The van der Waals surface area contributed by atoms with Gasteiger partial charge in [0.2, 0.25) is 0 Å². The predicted octanol–water partition coefficient (Wildman–Crippen LogP) is 2.46. The van der Waals surface area contributed by atoms with Crippen molar-refractivity contribution in [2.45, 2.75) is 26.7 Å². The van der Waals surface area contributed by atoms with Crippen molar-refractivity contribution in [1.29, 1.82) is 0 Å². The highest BCUT2D eigenvalue weighted by Gasteiger charge is 2.25. The molecular weight excluding hydrogens is 233 g/mol. The zero-order chi connectivity index (χ0) is 13.6. The predicted molar refractivity (Wildman–Crippen MR) is 69.0 cm³/mol. The van der Waals surface area contributed by atoms with Crippen LogP contribution in [0.2, 0.25) is 0 Å². The van der Waals surface area contributed by atoms with Crippen molar-refractivity contribution in [2.24, 2.45) is 5.41 Å². The lowest BCUT2D eigenvalue weighted by atomic mass is 9.90. The summed E-state index contributed by atoms with van der Waals surface area (Å²) in [5.74, 6) is -1.00. The second kappa shape index (κ2) is 6.50. The van der Waals surface area contributed by atoms with E-state index in [0.717, 1.165) is 18.5 Å². The lowest BCUT2D eigenvalue weighted by molar-refractivity contribution is -0.147. The first-order valence-electron chi connectivity index (χ1n) is 6.10. The van der Waals surface area contributed by atoms with Crippen LogP contribution >= 0.6 is 0 Å². The van der Waals surface area contributed by atoms with Crippen molar-refractivity contribution in [3.05, 3.63) is 35.6 Å². The molecule has 0 saturated heterocycles. The number of hydrogen-bond donors (Lipinski definition) is 2. The van der Waals surface area contributed by atoms with E-state index < -0.39 is 11.4 Å². The van der Waals surface area contributed by atoms with Gasteiger partial charge in [0.05, 0.1) is 5.41 Å². The summed E-state index contributed by atoms with van der Waals surface area (Å²) in [6, 6.07) is 6.42. The van der Waals surface area contributed by atoms with Crippen LogP contribution in [0.4, 0.5) is 4.39 Å². The molecule has 100 valence electrons. The lowest BCUT2D eigenvalue weighted by Crippen LogP contribution is -2.29. The van der Waals surface area contributed by atoms with Crippen LogP contribution in [-0.4, -0.2) is 24.2 Å². The summed E-state index contributed by atoms with van der Waals surface area (Å²) >= 11 is 0. The number of halogens is 1. The molecule has 0 fully saturated rings. The highest BCUT2D eigenvalue weighted by Crippen LogP contribution is 2.19. The fourth-order valence-electron chi connectivity index (χ4n) is 1.52. The van der Waals surface area contributed by atoms with Gasteiger partial charge in [0.1, 0.15) is 5.82 Å². The second-order valence-electron chi connectivity index (χ2n) is 5.07. The molecule has 0 aliphatic rings. The standard InChI is InChI=1S/C14H20FNO2/c1-14(2,13(17)18)8-10-16-9-7-11-3-5-12(15)6-4-11/h3-6,16H,7-10H2,1-2H3,(H,17,18). The second-order valence-corrected chi connectivity index (χ2v) is 5.07. The van der Waals surface area contributed by atoms with Crippen molar-refractivity contribution in [2.75, 3.05) is 13.1 Å². The van der Waals surface area contributed by atoms with Gasteiger partial charge in [-0.25, -0.2) is 4.39 Å². The summed E-state index contributed by atoms with van der Waals surface area (Å²) in [6.45, 7) is 4.87. The monoisotopic (exact) mass is 253 g/mol. The molecule has 0 atom stereocenters. The molecule has 2 N–H and O–H groups in total. The Hall–Kier alpha value is -1.42. The van der Waals surface area contributed by atoms with Gasteiger partial charge < -0.3 is 10.4 Å². The first kappa shape index (κ1) is 14.6. The van der Waals surface area contributed by atoms with E-state index in [1.165, 1.54) is 12.1 Å². The maximum atomic E-state index is 12.7. The molecule has 0 bridgehead atoms. The Labute approximate surface area is 107 Å². The Balaban J connectivity index is 2.20. The van der Waals surface area contributed by atoms with E-state index in [2.05, 4.69) is 5.32 Å². The highest BCUT2D eigenvalue weighted by atomic mass is 19.1. The third-order valence-electron chi connectivity index (χ3n) is 3.01. The van der Waals surface area contributed by atoms with Gasteiger partial charge in [-0.05, 0) is 57.5 Å². The van der Waals surface area contributed by atoms with Gasteiger partial charge in [0.15, 0.2) is 0 Å². The number of nitrogens with one attached hydrogen (secondary N) is 1. The molecule has 0 saturated carbocycles. The zero-order valence-electron chi connectivity index (χ0n) is 10.9. The number of benzene rings is 1. The highest BCUT2D eigenvalue weighted by molar-refractivity contribution is 5.73. The third kappa shape index (κ3) is 4.84. The molecule has 0 spiro atoms. The topological polar surface area (TPSA) is 49.3 Å². The molecule has 1 rings (SSSR count). The Bertz CT molecular complexity index is 387. The van der Waals surface area contributed by atoms with Gasteiger partial charge in [-0.2, -0.15) is 0 Å². The average molecular weight is 253 g/mol. The summed E-state index contributed by atoms with van der Waals surface area (Å²) < 4.78 is 12.7. The SMILES string of the molecule is CC(C)(CCNCCc1ccc(F)cc1)C(=O)O. The van der Waals surface area contributed by atoms with Crippen LogP contribution in [-0.2, 0) is 11.2 Å². The Morgan fingerprint density at radius 1 is 1.28 bits per heavy atom. The van der Waals surface area contributed by atoms with Gasteiger partial charge in [-0.15, -0.1) is 0 Å². The van der Waals surface area contributed by atoms with Gasteiger partial charge >= 0.3 is 5.97 Å². The van der Waals surface area contributed by atoms with E-state index >= 15 is 0 Å². The summed E-state index contributed by atoms with van der Waals surface area (Å²) in [4.78, 5) is 10.9. The number of aliphatic carboxylic acids is 1. The minimum Gasteiger partial charge on any atom is -0.481 e. The van der Waals surface area contributed by atoms with Crippen LogP contribution in [0.15, 0.2) is 24.3 Å². The van der Waals surface area contributed by atoms with Gasteiger partial charge in [0.25, 0.3) is 0 Å². The molecule has 1 aromatic carbocycles. The third-order valence-corrected chi connectivity index (χ3v) is 3.01. The molecule has 18 heavy (non-hydrogen) atoms. The van der Waals surface area contributed by atoms with Crippen LogP contribution in [0, 0.1) is 11.2 Å². The van der Waals surface area contributed by atoms with Crippen molar-refractivity contribution in [3.63, 3.8) is 0 Å². The Kier molecular flexibility index (Phi) is 5.28. The minimum absolute atomic E-state index is 0.227. The van der Waals surface area contributed by atoms with Crippen molar-refractivity contribution < 1.29 is 14.3 Å². The maximum absolute atomic E-state index is 12.7. The number of carboxylic acids is 1. The minimum atomic E-state index is -0.775. The van der Waals surface area contributed by atoms with E-state index in [4.69, 9.17) is 5.11 Å². The molecule has 0 aliphatic carbocycles. The molecule has 1 aromatic rings. The van der Waals surface area contributed by atoms with Crippen molar-refractivity contribution in [3.8, 4) is 0 Å². The van der Waals surface area contributed by atoms with Crippen molar-refractivity contribution >= 4 is 5.97 Å². The van der Waals surface area contributed by atoms with Crippen LogP contribution < -0.4 is 5.32 Å². The lowest BCUT2D eigenvalue weighted by Gasteiger charge is -2.18. The summed E-state index contributed by atoms with van der Waals surface area (Å²) in [5.41, 5.74) is 0.379. The smallest absolute Gasteiger partial charge is 0.309 e. The summed E-state index contributed by atoms with van der Waals surface area (Å²) in [6.07, 6.45) is 1.40. The first-order valence-corrected chi connectivity index (χ1v) is 6.10. The molecule has 0 unspecified atom stereocenters. The normalized spacial score (nSPS) is 11.5. The van der Waals surface area contributed by atoms with Crippen LogP contribution in [0.3, 0.4) is 0 Å². The van der Waals surface area contributed by atoms with E-state index in [-0.39, 0.29) is 5.82 Å². The molecular formula is C14H20FNO2. The number of carbonyl (C=O) groups is 1. The van der Waals surface area contributed by atoms with Gasteiger partial charge in [-0.3, -0.25) is 4.79 Å². The fourth-order valence-corrected chi connectivity index (χ4v) is 1.52. The Morgan fingerprint density at radius 3 is 2.44 bits per heavy atom. The summed E-state index contributed by atoms with van der Waals surface area (Å²) in [5, 5.41) is 12.1. The average Bonchev–Trinajstić information content (AvgIpc) is 2.31. The van der Waals surface area contributed by atoms with E-state index in [0.29, 0.717) is 13.0 Å². The molecule has 0 aliphatic heterocycles. The maximum Gasteiger partial charge on any atom is 0.309 e. The fraction of sp³-hybridized carbons (Fsp3) is 0.500. The van der Waals surface area contributed by atoms with Crippen LogP contribution in [0.25, 0.3) is 0 Å². The van der Waals surface area contributed by atoms with Gasteiger partial charge in [0, 0.05) is 0 Å². The largest absolute Gasteiger partial charge is 0.481 e. The molecule has 4 heteroatoms. The number of hydrogen-bond acceptors (Lipinski definition) is 2. The van der Waals surface area contributed by atoms with Crippen molar-refractivity contribution in [1.82, 2.24) is 5.32 Å². The molecule has 0 radical (unpaired) electrons. The molecule has 0 amide bonds. The van der Waals surface area contributed by atoms with Crippen LogP contribution in [0.1, 0.15) is 25.8 Å².